The Morgan fingerprint density at radius 2 is 1.86 bits per heavy atom. The Hall–Kier alpha value is -2.26. The lowest BCUT2D eigenvalue weighted by Gasteiger charge is -2.11. The van der Waals surface area contributed by atoms with Crippen molar-refractivity contribution in [2.24, 2.45) is 0 Å². The van der Waals surface area contributed by atoms with Gasteiger partial charge < -0.3 is 4.74 Å². The van der Waals surface area contributed by atoms with Gasteiger partial charge in [0.2, 0.25) is 10.0 Å². The van der Waals surface area contributed by atoms with Crippen LogP contribution in [0.3, 0.4) is 0 Å². The number of nitrogens with zero attached hydrogens (tertiary/aromatic N) is 3. The normalized spacial score (nSPS) is 11.6. The van der Waals surface area contributed by atoms with Gasteiger partial charge in [-0.1, -0.05) is 12.1 Å². The minimum atomic E-state index is -3.50. The molecule has 0 aliphatic rings. The third-order valence-electron chi connectivity index (χ3n) is 2.92. The van der Waals surface area contributed by atoms with Gasteiger partial charge in [-0.05, 0) is 19.1 Å². The number of aromatic amines is 1. The third kappa shape index (κ3) is 3.00. The Morgan fingerprint density at radius 1 is 1.23 bits per heavy atom. The zero-order valence-electron chi connectivity index (χ0n) is 12.4. The van der Waals surface area contributed by atoms with Crippen molar-refractivity contribution in [3.05, 3.63) is 30.0 Å². The molecule has 2 rings (SSSR count). The Labute approximate surface area is 128 Å². The molecule has 0 aliphatic carbocycles. The fourth-order valence-corrected chi connectivity index (χ4v) is 2.67. The first-order chi connectivity index (χ1) is 10.4. The number of sulfonamides is 1. The fourth-order valence-electron chi connectivity index (χ4n) is 1.77. The summed E-state index contributed by atoms with van der Waals surface area (Å²) in [5.41, 5.74) is 0.937. The highest BCUT2D eigenvalue weighted by Crippen LogP contribution is 2.23. The predicted octanol–water partition coefficient (Wildman–Crippen LogP) is 0.899. The Kier molecular flexibility index (Phi) is 4.57. The average Bonchev–Trinajstić information content (AvgIpc) is 2.97. The standard InChI is InChI=1S/C13H16N4O4S/c1-4-21-13(18)12-11(14-16-15-12)9-5-7-10(8-6-9)22(19,20)17(2)3/h5-8H,4H2,1-3H3,(H,14,15,16). The minimum Gasteiger partial charge on any atom is -0.461 e. The lowest BCUT2D eigenvalue weighted by molar-refractivity contribution is 0.0520. The van der Waals surface area contributed by atoms with Crippen molar-refractivity contribution in [1.29, 1.82) is 0 Å². The quantitative estimate of drug-likeness (QED) is 0.819. The largest absolute Gasteiger partial charge is 0.461 e. The van der Waals surface area contributed by atoms with Crippen LogP contribution in [-0.2, 0) is 14.8 Å². The van der Waals surface area contributed by atoms with E-state index in [9.17, 15) is 13.2 Å². The van der Waals surface area contributed by atoms with Gasteiger partial charge >= 0.3 is 5.97 Å². The Morgan fingerprint density at radius 3 is 2.41 bits per heavy atom. The Balaban J connectivity index is 2.37. The van der Waals surface area contributed by atoms with Crippen LogP contribution in [0.25, 0.3) is 11.3 Å². The maximum absolute atomic E-state index is 12.0. The fraction of sp³-hybridized carbons (Fsp3) is 0.308. The van der Waals surface area contributed by atoms with Gasteiger partial charge in [-0.15, -0.1) is 5.10 Å². The number of rotatable bonds is 5. The first-order valence-electron chi connectivity index (χ1n) is 6.48. The summed E-state index contributed by atoms with van der Waals surface area (Å²) in [6.45, 7) is 1.92. The van der Waals surface area contributed by atoms with Gasteiger partial charge in [-0.3, -0.25) is 0 Å². The monoisotopic (exact) mass is 324 g/mol. The average molecular weight is 324 g/mol. The van der Waals surface area contributed by atoms with Gasteiger partial charge in [0.25, 0.3) is 0 Å². The van der Waals surface area contributed by atoms with Crippen LogP contribution in [0, 0.1) is 0 Å². The van der Waals surface area contributed by atoms with Gasteiger partial charge in [0, 0.05) is 19.7 Å². The minimum absolute atomic E-state index is 0.0602. The van der Waals surface area contributed by atoms with Crippen molar-refractivity contribution in [2.75, 3.05) is 20.7 Å². The van der Waals surface area contributed by atoms with Crippen molar-refractivity contribution in [1.82, 2.24) is 19.7 Å². The van der Waals surface area contributed by atoms with Crippen LogP contribution in [-0.4, -0.2) is 54.8 Å². The van der Waals surface area contributed by atoms with E-state index in [1.165, 1.54) is 26.2 Å². The summed E-state index contributed by atoms with van der Waals surface area (Å²) in [5.74, 6) is -0.587. The van der Waals surface area contributed by atoms with E-state index in [0.717, 1.165) is 4.31 Å². The zero-order valence-corrected chi connectivity index (χ0v) is 13.2. The molecule has 0 atom stereocenters. The van der Waals surface area contributed by atoms with Crippen LogP contribution in [0.15, 0.2) is 29.2 Å². The number of aromatic nitrogens is 3. The number of nitrogens with one attached hydrogen (secondary N) is 1. The molecule has 0 aliphatic heterocycles. The van der Waals surface area contributed by atoms with Crippen molar-refractivity contribution in [3.8, 4) is 11.3 Å². The molecule has 1 heterocycles. The van der Waals surface area contributed by atoms with E-state index in [1.54, 1.807) is 19.1 Å². The van der Waals surface area contributed by atoms with E-state index in [0.29, 0.717) is 11.3 Å². The first-order valence-corrected chi connectivity index (χ1v) is 7.92. The van der Waals surface area contributed by atoms with Crippen LogP contribution < -0.4 is 0 Å². The number of carbonyl (C=O) groups excluding carboxylic acids is 1. The molecule has 1 aromatic carbocycles. The molecule has 8 nitrogen and oxygen atoms in total. The summed E-state index contributed by atoms with van der Waals surface area (Å²) in [6.07, 6.45) is 0. The highest BCUT2D eigenvalue weighted by Gasteiger charge is 2.21. The first kappa shape index (κ1) is 16.1. The molecule has 0 unspecified atom stereocenters. The molecular formula is C13H16N4O4S. The van der Waals surface area contributed by atoms with Crippen molar-refractivity contribution >= 4 is 16.0 Å². The second-order valence-electron chi connectivity index (χ2n) is 4.55. The van der Waals surface area contributed by atoms with Gasteiger partial charge in [0.15, 0.2) is 5.69 Å². The second-order valence-corrected chi connectivity index (χ2v) is 6.70. The maximum atomic E-state index is 12.0. The van der Waals surface area contributed by atoms with Crippen LogP contribution in [0.2, 0.25) is 0 Å². The summed E-state index contributed by atoms with van der Waals surface area (Å²) in [6, 6.07) is 6.04. The highest BCUT2D eigenvalue weighted by molar-refractivity contribution is 7.89. The smallest absolute Gasteiger partial charge is 0.361 e. The molecule has 22 heavy (non-hydrogen) atoms. The summed E-state index contributed by atoms with van der Waals surface area (Å²) in [7, 11) is -0.584. The number of esters is 1. The third-order valence-corrected chi connectivity index (χ3v) is 4.75. The molecule has 0 bridgehead atoms. The van der Waals surface area contributed by atoms with E-state index in [1.807, 2.05) is 0 Å². The molecule has 118 valence electrons. The summed E-state index contributed by atoms with van der Waals surface area (Å²) >= 11 is 0. The molecule has 0 saturated carbocycles. The number of H-pyrrole nitrogens is 1. The van der Waals surface area contributed by atoms with Crippen molar-refractivity contribution in [2.45, 2.75) is 11.8 Å². The van der Waals surface area contributed by atoms with Crippen LogP contribution in [0.1, 0.15) is 17.4 Å². The summed E-state index contributed by atoms with van der Waals surface area (Å²) in [4.78, 5) is 11.9. The highest BCUT2D eigenvalue weighted by atomic mass is 32.2. The van der Waals surface area contributed by atoms with Gasteiger partial charge in [0.1, 0.15) is 5.69 Å². The van der Waals surface area contributed by atoms with E-state index in [2.05, 4.69) is 15.4 Å². The molecule has 0 fully saturated rings. The van der Waals surface area contributed by atoms with Crippen LogP contribution in [0.5, 0.6) is 0 Å². The molecular weight excluding hydrogens is 308 g/mol. The summed E-state index contributed by atoms with van der Waals surface area (Å²) in [5, 5.41) is 10.1. The molecule has 0 saturated heterocycles. The van der Waals surface area contributed by atoms with Crippen LogP contribution in [0.4, 0.5) is 0 Å². The molecule has 1 aromatic heterocycles. The zero-order chi connectivity index (χ0) is 16.3. The number of benzene rings is 1. The maximum Gasteiger partial charge on any atom is 0.361 e. The van der Waals surface area contributed by atoms with Gasteiger partial charge in [-0.25, -0.2) is 17.5 Å². The lowest BCUT2D eigenvalue weighted by atomic mass is 10.1. The van der Waals surface area contributed by atoms with Crippen molar-refractivity contribution < 1.29 is 17.9 Å². The predicted molar refractivity (Wildman–Crippen MR) is 78.6 cm³/mol. The number of hydrogen-bond donors (Lipinski definition) is 1. The molecule has 0 amide bonds. The molecule has 0 radical (unpaired) electrons. The van der Waals surface area contributed by atoms with E-state index >= 15 is 0 Å². The summed E-state index contributed by atoms with van der Waals surface area (Å²) < 4.78 is 30.0. The van der Waals surface area contributed by atoms with Gasteiger partial charge in [-0.2, -0.15) is 10.3 Å². The van der Waals surface area contributed by atoms with E-state index < -0.39 is 16.0 Å². The number of carbonyl (C=O) groups is 1. The Bertz CT molecular complexity index is 766. The van der Waals surface area contributed by atoms with E-state index in [4.69, 9.17) is 4.74 Å². The SMILES string of the molecule is CCOC(=O)c1n[nH]nc1-c1ccc(S(=O)(=O)N(C)C)cc1. The van der Waals surface area contributed by atoms with E-state index in [-0.39, 0.29) is 17.2 Å². The molecule has 2 aromatic rings. The van der Waals surface area contributed by atoms with Crippen molar-refractivity contribution in [3.63, 3.8) is 0 Å². The van der Waals surface area contributed by atoms with Gasteiger partial charge in [0.05, 0.1) is 11.5 Å². The molecule has 9 heteroatoms. The molecule has 0 spiro atoms. The molecule has 1 N–H and O–H groups in total. The second kappa shape index (κ2) is 6.24. The number of ether oxygens (including phenoxy) is 1. The number of hydrogen-bond acceptors (Lipinski definition) is 6. The topological polar surface area (TPSA) is 105 Å². The van der Waals surface area contributed by atoms with Crippen LogP contribution >= 0.6 is 0 Å². The lowest BCUT2D eigenvalue weighted by Crippen LogP contribution is -2.22.